The maximum absolute atomic E-state index is 14.6. The lowest BCUT2D eigenvalue weighted by Crippen LogP contribution is -2.55. The maximum Gasteiger partial charge on any atom is 0.417 e. The second-order valence-corrected chi connectivity index (χ2v) is 14.7. The van der Waals surface area contributed by atoms with E-state index in [4.69, 9.17) is 10.00 Å². The van der Waals surface area contributed by atoms with Gasteiger partial charge in [-0.1, -0.05) is 6.92 Å². The highest BCUT2D eigenvalue weighted by atomic mass is 19.4. The summed E-state index contributed by atoms with van der Waals surface area (Å²) in [6, 6.07) is 12.9. The van der Waals surface area contributed by atoms with Crippen molar-refractivity contribution in [1.29, 1.82) is 5.26 Å². The van der Waals surface area contributed by atoms with Crippen LogP contribution < -0.4 is 30.5 Å². The molecule has 5 rings (SSSR count). The van der Waals surface area contributed by atoms with Gasteiger partial charge in [0.2, 0.25) is 24.1 Å². The zero-order chi connectivity index (χ0) is 43.1. The lowest BCUT2D eigenvalue weighted by atomic mass is 9.98. The predicted molar refractivity (Wildman–Crippen MR) is 211 cm³/mol. The first-order valence-corrected chi connectivity index (χ1v) is 19.0. The van der Waals surface area contributed by atoms with Crippen molar-refractivity contribution in [2.45, 2.75) is 57.8 Å². The van der Waals surface area contributed by atoms with Gasteiger partial charge in [0.25, 0.3) is 5.91 Å². The minimum atomic E-state index is -4.81. The van der Waals surface area contributed by atoms with Crippen molar-refractivity contribution in [2.75, 3.05) is 73.4 Å². The normalized spacial score (nSPS) is 16.4. The largest absolute Gasteiger partial charge is 0.492 e. The Labute approximate surface area is 339 Å². The lowest BCUT2D eigenvalue weighted by Gasteiger charge is -2.37. The molecule has 2 saturated heterocycles. The van der Waals surface area contributed by atoms with E-state index in [0.717, 1.165) is 22.6 Å². The number of nitrogens with zero attached hydrogens (tertiary/aromatic N) is 5. The smallest absolute Gasteiger partial charge is 0.417 e. The fraction of sp³-hybridized carbons (Fsp3) is 0.415. The molecule has 18 heteroatoms. The fourth-order valence-electron chi connectivity index (χ4n) is 6.94. The molecule has 314 valence electrons. The summed E-state index contributed by atoms with van der Waals surface area (Å²) in [6.07, 6.45) is -3.31. The molecule has 3 aromatic carbocycles. The summed E-state index contributed by atoms with van der Waals surface area (Å²) in [7, 11) is 1.30. The Kier molecular flexibility index (Phi) is 13.9. The number of anilines is 4. The molecule has 2 heterocycles. The van der Waals surface area contributed by atoms with Gasteiger partial charge in [-0.25, -0.2) is 4.39 Å². The monoisotopic (exact) mass is 822 g/mol. The number of carbonyl (C=O) groups is 5. The molecule has 2 aliphatic heterocycles. The Balaban J connectivity index is 1.11. The highest BCUT2D eigenvalue weighted by Crippen LogP contribution is 2.36. The second kappa shape index (κ2) is 18.7. The third kappa shape index (κ3) is 10.7. The number of piperazine rings is 1. The topological polar surface area (TPSA) is 167 Å². The number of hydrogen-bond acceptors (Lipinski definition) is 10. The lowest BCUT2D eigenvalue weighted by molar-refractivity contribution is -0.138. The van der Waals surface area contributed by atoms with E-state index in [1.54, 1.807) is 18.2 Å². The van der Waals surface area contributed by atoms with E-state index >= 15 is 0 Å². The van der Waals surface area contributed by atoms with E-state index in [-0.39, 0.29) is 30.2 Å². The number of carbonyl (C=O) groups excluding carboxylic acids is 5. The molecule has 1 atom stereocenters. The Morgan fingerprint density at radius 2 is 1.71 bits per heavy atom. The molecule has 1 unspecified atom stereocenters. The van der Waals surface area contributed by atoms with Gasteiger partial charge < -0.3 is 25.2 Å². The molecule has 0 aromatic heterocycles. The van der Waals surface area contributed by atoms with Crippen molar-refractivity contribution in [3.63, 3.8) is 0 Å². The summed E-state index contributed by atoms with van der Waals surface area (Å²) in [6.45, 7) is 8.33. The zero-order valence-electron chi connectivity index (χ0n) is 33.1. The van der Waals surface area contributed by atoms with Crippen LogP contribution in [0.1, 0.15) is 50.3 Å². The standard InChI is InChI=1S/C41H46F4N8O6/c1-5-26-20-30(53(25-54)40(2,3)39(58)50(4)29-8-6-27(23-46)31(22-29)41(43,44)45)9-12-35(26)59-19-18-51-14-16-52(17-15-51)24-37(56)48-34-21-28(7-10-32(34)42)47-33-11-13-36(55)49-38(33)57/h6-10,12,20-22,25,33,47H,5,11,13-19,24H2,1-4H3,(H,48,56)(H,49,55,57). The van der Waals surface area contributed by atoms with E-state index in [0.29, 0.717) is 75.7 Å². The molecule has 5 amide bonds. The molecule has 3 N–H and O–H groups in total. The van der Waals surface area contributed by atoms with Crippen molar-refractivity contribution in [3.05, 3.63) is 77.1 Å². The van der Waals surface area contributed by atoms with E-state index in [1.165, 1.54) is 56.1 Å². The summed E-state index contributed by atoms with van der Waals surface area (Å²) in [4.78, 5) is 68.9. The molecule has 0 spiro atoms. The first-order chi connectivity index (χ1) is 27.9. The van der Waals surface area contributed by atoms with Crippen LogP contribution in [0.4, 0.5) is 40.3 Å². The fourth-order valence-corrected chi connectivity index (χ4v) is 6.94. The van der Waals surface area contributed by atoms with E-state index in [2.05, 4.69) is 20.9 Å². The van der Waals surface area contributed by atoms with Gasteiger partial charge in [-0.05, 0) is 86.8 Å². The first kappa shape index (κ1) is 44.1. The predicted octanol–water partition coefficient (Wildman–Crippen LogP) is 4.54. The maximum atomic E-state index is 14.6. The average Bonchev–Trinajstić information content (AvgIpc) is 3.20. The van der Waals surface area contributed by atoms with Crippen LogP contribution in [0.25, 0.3) is 0 Å². The van der Waals surface area contributed by atoms with Crippen LogP contribution in [-0.2, 0) is 36.6 Å². The van der Waals surface area contributed by atoms with Gasteiger partial charge in [0.05, 0.1) is 29.4 Å². The molecule has 0 saturated carbocycles. The highest BCUT2D eigenvalue weighted by molar-refractivity contribution is 6.05. The Hall–Kier alpha value is -6.06. The third-order valence-electron chi connectivity index (χ3n) is 10.4. The minimum Gasteiger partial charge on any atom is -0.492 e. The van der Waals surface area contributed by atoms with Crippen molar-refractivity contribution in [1.82, 2.24) is 15.1 Å². The third-order valence-corrected chi connectivity index (χ3v) is 10.4. The van der Waals surface area contributed by atoms with Crippen LogP contribution in [0.3, 0.4) is 0 Å². The molecule has 2 fully saturated rings. The van der Waals surface area contributed by atoms with Crippen molar-refractivity contribution >= 4 is 52.8 Å². The van der Waals surface area contributed by atoms with Gasteiger partial charge in [0.15, 0.2) is 0 Å². The number of benzene rings is 3. The number of alkyl halides is 3. The van der Waals surface area contributed by atoms with Crippen LogP contribution in [0.2, 0.25) is 0 Å². The number of rotatable bonds is 15. The summed E-state index contributed by atoms with van der Waals surface area (Å²) in [5, 5.41) is 17.0. The van der Waals surface area contributed by atoms with Crippen molar-refractivity contribution < 1.29 is 46.3 Å². The second-order valence-electron chi connectivity index (χ2n) is 14.7. The van der Waals surface area contributed by atoms with E-state index in [1.807, 2.05) is 11.8 Å². The van der Waals surface area contributed by atoms with Crippen molar-refractivity contribution in [2.24, 2.45) is 0 Å². The quantitative estimate of drug-likeness (QED) is 0.113. The molecular formula is C41H46F4N8O6. The molecule has 0 aliphatic carbocycles. The average molecular weight is 823 g/mol. The molecule has 3 aromatic rings. The number of likely N-dealkylation sites (N-methyl/N-ethyl adjacent to an activating group) is 1. The van der Waals surface area contributed by atoms with Crippen LogP contribution in [0.15, 0.2) is 54.6 Å². The number of amides is 5. The summed E-state index contributed by atoms with van der Waals surface area (Å²) >= 11 is 0. The number of halogens is 4. The number of ether oxygens (including phenoxy) is 1. The Morgan fingerprint density at radius 3 is 2.36 bits per heavy atom. The number of aryl methyl sites for hydroxylation is 1. The Morgan fingerprint density at radius 1 is 1.02 bits per heavy atom. The van der Waals surface area contributed by atoms with Gasteiger partial charge >= 0.3 is 6.18 Å². The van der Waals surface area contributed by atoms with Gasteiger partial charge in [-0.3, -0.25) is 39.1 Å². The van der Waals surface area contributed by atoms with Crippen LogP contribution in [-0.4, -0.2) is 104 Å². The summed E-state index contributed by atoms with van der Waals surface area (Å²) in [5.74, 6) is -1.92. The van der Waals surface area contributed by atoms with Gasteiger partial charge in [0.1, 0.15) is 29.8 Å². The van der Waals surface area contributed by atoms with E-state index < -0.39 is 52.4 Å². The highest BCUT2D eigenvalue weighted by Gasteiger charge is 2.39. The van der Waals surface area contributed by atoms with Gasteiger partial charge in [0, 0.05) is 63.3 Å². The number of hydrogen-bond donors (Lipinski definition) is 3. The SMILES string of the molecule is CCc1cc(N(C=O)C(C)(C)C(=O)N(C)c2ccc(C#N)c(C(F)(F)F)c2)ccc1OCCN1CCN(CC(=O)Nc2cc(NC3CCC(=O)NC3=O)ccc2F)CC1. The van der Waals surface area contributed by atoms with Crippen LogP contribution in [0.5, 0.6) is 5.75 Å². The molecular weight excluding hydrogens is 776 g/mol. The van der Waals surface area contributed by atoms with Crippen LogP contribution >= 0.6 is 0 Å². The summed E-state index contributed by atoms with van der Waals surface area (Å²) in [5.41, 5.74) is -1.83. The zero-order valence-corrected chi connectivity index (χ0v) is 33.1. The Bertz CT molecular complexity index is 2120. The number of nitriles is 1. The molecule has 0 bridgehead atoms. The van der Waals surface area contributed by atoms with Crippen LogP contribution in [0, 0.1) is 17.1 Å². The summed E-state index contributed by atoms with van der Waals surface area (Å²) < 4.78 is 61.6. The van der Waals surface area contributed by atoms with E-state index in [9.17, 15) is 41.5 Å². The molecule has 0 radical (unpaired) electrons. The molecule has 14 nitrogen and oxygen atoms in total. The molecule has 59 heavy (non-hydrogen) atoms. The first-order valence-electron chi connectivity index (χ1n) is 19.0. The molecule has 2 aliphatic rings. The number of imide groups is 1. The number of piperidine rings is 1. The minimum absolute atomic E-state index is 0.0307. The number of nitrogens with one attached hydrogen (secondary N) is 3. The van der Waals surface area contributed by atoms with Gasteiger partial charge in [-0.2, -0.15) is 18.4 Å². The van der Waals surface area contributed by atoms with Crippen molar-refractivity contribution in [3.8, 4) is 11.8 Å². The van der Waals surface area contributed by atoms with Gasteiger partial charge in [-0.15, -0.1) is 0 Å².